The molecule has 3 atom stereocenters. The van der Waals surface area contributed by atoms with Gasteiger partial charge in [-0.3, -0.25) is 9.69 Å². The van der Waals surface area contributed by atoms with Gasteiger partial charge in [-0.05, 0) is 148 Å². The maximum absolute atomic E-state index is 14.3. The zero-order chi connectivity index (χ0) is 50.3. The zero-order valence-electron chi connectivity index (χ0n) is 39.4. The van der Waals surface area contributed by atoms with E-state index in [1.807, 2.05) is 87.5 Å². The number of Topliss-reactive ketones (excluding diaryl/α,β-unsaturated/α-hetero) is 1. The van der Waals surface area contributed by atoms with Crippen LogP contribution in [0.3, 0.4) is 0 Å². The van der Waals surface area contributed by atoms with Crippen molar-refractivity contribution in [3.63, 3.8) is 0 Å². The van der Waals surface area contributed by atoms with E-state index in [2.05, 4.69) is 26.7 Å². The molecule has 0 bridgehead atoms. The fourth-order valence-corrected chi connectivity index (χ4v) is 13.2. The number of ether oxygens (including phenoxy) is 1. The van der Waals surface area contributed by atoms with Crippen LogP contribution < -0.4 is 9.62 Å². The number of piperidine rings is 1. The van der Waals surface area contributed by atoms with Gasteiger partial charge < -0.3 is 9.64 Å². The van der Waals surface area contributed by atoms with Crippen LogP contribution in [0.2, 0.25) is 5.02 Å². The smallest absolute Gasteiger partial charge is 0.379 e. The predicted octanol–water partition coefficient (Wildman–Crippen LogP) is 10.6. The molecule has 0 spiro atoms. The Balaban J connectivity index is 1.05. The average molecular weight is 1060 g/mol. The van der Waals surface area contributed by atoms with Crippen LogP contribution in [-0.4, -0.2) is 99.4 Å². The second-order valence-electron chi connectivity index (χ2n) is 18.8. The Morgan fingerprint density at radius 2 is 1.49 bits per heavy atom. The van der Waals surface area contributed by atoms with Crippen molar-refractivity contribution in [2.45, 2.75) is 77.4 Å². The molecular weight excluding hydrogens is 999 g/mol. The van der Waals surface area contributed by atoms with Crippen LogP contribution in [-0.2, 0) is 41.8 Å². The Morgan fingerprint density at radius 3 is 2.13 bits per heavy atom. The predicted molar refractivity (Wildman–Crippen MR) is 274 cm³/mol. The van der Waals surface area contributed by atoms with Crippen molar-refractivity contribution in [1.82, 2.24) is 9.62 Å². The van der Waals surface area contributed by atoms with Crippen LogP contribution in [0, 0.1) is 11.8 Å². The first kappa shape index (κ1) is 53.7. The lowest BCUT2D eigenvalue weighted by Gasteiger charge is -2.39. The van der Waals surface area contributed by atoms with Crippen LogP contribution in [0.5, 0.6) is 0 Å². The molecule has 2 aliphatic heterocycles. The first-order valence-electron chi connectivity index (χ1n) is 23.3. The summed E-state index contributed by atoms with van der Waals surface area (Å²) in [7, 11) is -12.0. The summed E-state index contributed by atoms with van der Waals surface area (Å²) < 4.78 is 119. The normalized spacial score (nSPS) is 17.0. The molecule has 376 valence electrons. The van der Waals surface area contributed by atoms with Gasteiger partial charge in [0.15, 0.2) is 15.6 Å². The van der Waals surface area contributed by atoms with Crippen molar-refractivity contribution in [2.75, 3.05) is 62.3 Å². The summed E-state index contributed by atoms with van der Waals surface area (Å²) in [6, 6.07) is 34.3. The molecule has 70 heavy (non-hydrogen) atoms. The molecule has 0 saturated carbocycles. The van der Waals surface area contributed by atoms with Crippen molar-refractivity contribution in [2.24, 2.45) is 11.8 Å². The minimum atomic E-state index is -5.99. The summed E-state index contributed by atoms with van der Waals surface area (Å²) in [5.41, 5.74) is -1.91. The van der Waals surface area contributed by atoms with Gasteiger partial charge in [-0.2, -0.15) is 13.2 Å². The number of anilines is 1. The molecule has 1 N–H and O–H groups in total. The Bertz CT molecular complexity index is 2820. The quantitative estimate of drug-likeness (QED) is 0.0630. The fourth-order valence-electron chi connectivity index (χ4n) is 8.80. The molecule has 5 aromatic rings. The Hall–Kier alpha value is -4.07. The first-order chi connectivity index (χ1) is 33.2. The average Bonchev–Trinajstić information content (AvgIpc) is 3.34. The van der Waals surface area contributed by atoms with E-state index in [0.717, 1.165) is 52.2 Å². The van der Waals surface area contributed by atoms with E-state index in [-0.39, 0.29) is 35.4 Å². The number of rotatable bonds is 19. The molecule has 0 radical (unpaired) electrons. The molecule has 2 fully saturated rings. The number of sulfone groups is 2. The number of hydrogen-bond acceptors (Lipinski definition) is 10. The van der Waals surface area contributed by atoms with Gasteiger partial charge in [0.2, 0.25) is 0 Å². The van der Waals surface area contributed by atoms with E-state index in [4.69, 9.17) is 16.3 Å². The number of hydrogen-bond donors (Lipinski definition) is 1. The standard InChI is InChI=1S/C52H59ClF3N3O7S4/c1-51(2,3)68(61)57-50(47-12-8-7-11-46(47)38-13-18-42(53)19-14-38)40-24-27-59(28-25-40)43-20-15-39(16-21-43)48(60)36-69(62,63)45-22-17-41(49(34-45)70(64,65)52(54,55)56)33-37(23-26-58-29-31-66-32-30-58)35-67-44-9-5-4-6-10-44/h4-22,34,37,40,50,57H,23-33,35-36H2,1-3H3/t37-,50+,68-/m0/s1. The number of thioether (sulfide) groups is 1. The number of ketones is 1. The van der Waals surface area contributed by atoms with Crippen LogP contribution in [0.25, 0.3) is 11.1 Å². The highest BCUT2D eigenvalue weighted by Crippen LogP contribution is 2.40. The molecule has 0 aromatic heterocycles. The summed E-state index contributed by atoms with van der Waals surface area (Å²) in [6.07, 6.45) is 2.00. The summed E-state index contributed by atoms with van der Waals surface area (Å²) in [5.74, 6) is -1.55. The van der Waals surface area contributed by atoms with Crippen LogP contribution >= 0.6 is 23.4 Å². The number of carbonyl (C=O) groups is 1. The van der Waals surface area contributed by atoms with Crippen molar-refractivity contribution in [3.8, 4) is 11.1 Å². The fraction of sp³-hybridized carbons (Fsp3) is 0.404. The third kappa shape index (κ3) is 13.7. The minimum Gasteiger partial charge on any atom is -0.379 e. The van der Waals surface area contributed by atoms with Gasteiger partial charge in [0.25, 0.3) is 9.84 Å². The number of carbonyl (C=O) groups excluding carboxylic acids is 1. The molecule has 5 aromatic carbocycles. The molecule has 0 aliphatic carbocycles. The second-order valence-corrected chi connectivity index (χ2v) is 26.2. The molecule has 2 saturated heterocycles. The van der Waals surface area contributed by atoms with E-state index >= 15 is 0 Å². The molecule has 2 heterocycles. The molecule has 0 amide bonds. The number of alkyl halides is 3. The van der Waals surface area contributed by atoms with Crippen molar-refractivity contribution < 1.29 is 43.7 Å². The lowest BCUT2D eigenvalue weighted by molar-refractivity contribution is -0.0436. The topological polar surface area (TPSA) is 130 Å². The summed E-state index contributed by atoms with van der Waals surface area (Å²) >= 11 is 7.73. The van der Waals surface area contributed by atoms with Crippen LogP contribution in [0.1, 0.15) is 67.6 Å². The van der Waals surface area contributed by atoms with Crippen molar-refractivity contribution >= 4 is 65.5 Å². The van der Waals surface area contributed by atoms with E-state index in [9.17, 15) is 39.0 Å². The number of morpholine rings is 1. The van der Waals surface area contributed by atoms with E-state index in [0.29, 0.717) is 69.2 Å². The molecule has 2 aliphatic rings. The molecule has 0 unspecified atom stereocenters. The molecule has 7 rings (SSSR count). The maximum atomic E-state index is 14.3. The van der Waals surface area contributed by atoms with Gasteiger partial charge >= 0.3 is 5.51 Å². The number of nitrogens with zero attached hydrogens (tertiary/aromatic N) is 2. The first-order valence-corrected chi connectivity index (χ1v) is 28.9. The SMILES string of the molecule is CC(C)(C)[S@](=O)N[C@@H](c1ccccc1-c1ccc(Cl)cc1)C1CCN(c2ccc(C(=O)CS(=O)(=O)c3ccc(C[C@H](CCN4CCOCC4)CSc4ccccc4)c(S(=O)(=O)C(F)(F)F)c3)cc2)CC1. The van der Waals surface area contributed by atoms with Gasteiger partial charge in [0.05, 0.1) is 38.7 Å². The molecule has 10 nitrogen and oxygen atoms in total. The van der Waals surface area contributed by atoms with Gasteiger partial charge in [0.1, 0.15) is 5.75 Å². The van der Waals surface area contributed by atoms with Crippen LogP contribution in [0.4, 0.5) is 18.9 Å². The van der Waals surface area contributed by atoms with Gasteiger partial charge in [-0.1, -0.05) is 72.3 Å². The largest absolute Gasteiger partial charge is 0.501 e. The van der Waals surface area contributed by atoms with Crippen LogP contribution in [0.15, 0.2) is 136 Å². The van der Waals surface area contributed by atoms with Gasteiger partial charge in [-0.25, -0.2) is 25.8 Å². The Labute approximate surface area is 422 Å². The minimum absolute atomic E-state index is 0.0496. The highest BCUT2D eigenvalue weighted by Gasteiger charge is 2.48. The number of benzene rings is 5. The Kier molecular flexibility index (Phi) is 17.8. The third-order valence-corrected chi connectivity index (χ3v) is 19.1. The Morgan fingerprint density at radius 1 is 0.843 bits per heavy atom. The molecular formula is C52H59ClF3N3O7S4. The summed E-state index contributed by atoms with van der Waals surface area (Å²) in [6.45, 7) is 10.2. The van der Waals surface area contributed by atoms with Gasteiger partial charge in [-0.15, -0.1) is 11.8 Å². The highest BCUT2D eigenvalue weighted by atomic mass is 35.5. The monoisotopic (exact) mass is 1060 g/mol. The van der Waals surface area contributed by atoms with Crippen molar-refractivity contribution in [3.05, 3.63) is 143 Å². The second kappa shape index (κ2) is 23.2. The highest BCUT2D eigenvalue weighted by molar-refractivity contribution is 7.99. The third-order valence-electron chi connectivity index (χ3n) is 12.8. The van der Waals surface area contributed by atoms with E-state index in [1.54, 1.807) is 12.1 Å². The maximum Gasteiger partial charge on any atom is 0.501 e. The molecule has 18 heteroatoms. The lowest BCUT2D eigenvalue weighted by atomic mass is 9.83. The summed E-state index contributed by atoms with van der Waals surface area (Å²) in [4.78, 5) is 17.1. The summed E-state index contributed by atoms with van der Waals surface area (Å²) in [5, 5.41) is 0.631. The van der Waals surface area contributed by atoms with Gasteiger partial charge in [0, 0.05) is 59.1 Å². The number of nitrogens with one attached hydrogen (secondary N) is 1. The number of halogens is 4. The zero-order valence-corrected chi connectivity index (χ0v) is 43.4. The van der Waals surface area contributed by atoms with E-state index in [1.165, 1.54) is 23.9 Å². The van der Waals surface area contributed by atoms with Crippen molar-refractivity contribution in [1.29, 1.82) is 0 Å². The lowest BCUT2D eigenvalue weighted by Crippen LogP contribution is -2.42. The van der Waals surface area contributed by atoms with E-state index < -0.39 is 62.2 Å².